The molecule has 0 bridgehead atoms. The van der Waals surface area contributed by atoms with Crippen molar-refractivity contribution in [2.24, 2.45) is 5.73 Å². The zero-order valence-corrected chi connectivity index (χ0v) is 14.4. The van der Waals surface area contributed by atoms with Crippen molar-refractivity contribution in [3.05, 3.63) is 56.9 Å². The molecule has 0 atom stereocenters. The third-order valence-electron chi connectivity index (χ3n) is 3.00. The molecule has 1 heterocycles. The maximum atomic E-state index is 5.66. The van der Waals surface area contributed by atoms with Crippen molar-refractivity contribution in [1.82, 2.24) is 4.90 Å². The number of hydrogen-bond donors (Lipinski definition) is 1. The van der Waals surface area contributed by atoms with Crippen molar-refractivity contribution in [2.45, 2.75) is 19.5 Å². The molecule has 2 aromatic rings. The van der Waals surface area contributed by atoms with Crippen LogP contribution in [0.4, 0.5) is 0 Å². The van der Waals surface area contributed by atoms with Crippen molar-refractivity contribution in [1.29, 1.82) is 0 Å². The van der Waals surface area contributed by atoms with Crippen molar-refractivity contribution in [2.75, 3.05) is 13.1 Å². The van der Waals surface area contributed by atoms with Gasteiger partial charge in [-0.3, -0.25) is 4.90 Å². The zero-order valence-electron chi connectivity index (χ0n) is 11.2. The predicted molar refractivity (Wildman–Crippen MR) is 88.3 cm³/mol. The Labute approximate surface area is 136 Å². The first kappa shape index (κ1) is 15.8. The summed E-state index contributed by atoms with van der Waals surface area (Å²) < 4.78 is 7.35. The van der Waals surface area contributed by atoms with Gasteiger partial charge < -0.3 is 10.2 Å². The monoisotopic (exact) mass is 400 g/mol. The Hall–Kier alpha value is -0.620. The number of halogens is 2. The molecule has 3 nitrogen and oxygen atoms in total. The highest BCUT2D eigenvalue weighted by Crippen LogP contribution is 2.27. The van der Waals surface area contributed by atoms with E-state index in [0.29, 0.717) is 6.54 Å². The average molecular weight is 402 g/mol. The molecule has 0 unspecified atom stereocenters. The van der Waals surface area contributed by atoms with E-state index in [2.05, 4.69) is 61.0 Å². The average Bonchev–Trinajstić information content (AvgIpc) is 2.76. The van der Waals surface area contributed by atoms with E-state index >= 15 is 0 Å². The van der Waals surface area contributed by atoms with Gasteiger partial charge in [0.25, 0.3) is 0 Å². The summed E-state index contributed by atoms with van der Waals surface area (Å²) in [7, 11) is 0. The van der Waals surface area contributed by atoms with E-state index in [9.17, 15) is 0 Å². The molecule has 0 aliphatic rings. The molecule has 1 aromatic carbocycles. The molecule has 0 aliphatic carbocycles. The predicted octanol–water partition coefficient (Wildman–Crippen LogP) is 4.16. The van der Waals surface area contributed by atoms with Crippen LogP contribution in [0.25, 0.3) is 0 Å². The summed E-state index contributed by atoms with van der Waals surface area (Å²) >= 11 is 6.82. The fraction of sp³-hybridized carbons (Fsp3) is 0.333. The molecular weight excluding hydrogens is 384 g/mol. The van der Waals surface area contributed by atoms with Crippen LogP contribution in [0, 0.1) is 0 Å². The molecule has 2 N–H and O–H groups in total. The minimum atomic E-state index is 0.705. The van der Waals surface area contributed by atoms with E-state index in [-0.39, 0.29) is 0 Å². The summed E-state index contributed by atoms with van der Waals surface area (Å²) in [5.41, 5.74) is 6.93. The second-order valence-electron chi connectivity index (χ2n) is 4.67. The fourth-order valence-corrected chi connectivity index (χ4v) is 2.72. The summed E-state index contributed by atoms with van der Waals surface area (Å²) in [4.78, 5) is 2.35. The Morgan fingerprint density at radius 3 is 2.45 bits per heavy atom. The quantitative estimate of drug-likeness (QED) is 0.757. The maximum Gasteiger partial charge on any atom is 0.183 e. The highest BCUT2D eigenvalue weighted by Gasteiger charge is 2.11. The van der Waals surface area contributed by atoms with E-state index in [0.717, 1.165) is 41.0 Å². The van der Waals surface area contributed by atoms with Crippen molar-refractivity contribution >= 4 is 31.9 Å². The second kappa shape index (κ2) is 7.98. The third kappa shape index (κ3) is 4.74. The summed E-state index contributed by atoms with van der Waals surface area (Å²) in [5.74, 6) is 0.941. The number of rotatable bonds is 7. The van der Waals surface area contributed by atoms with Gasteiger partial charge >= 0.3 is 0 Å². The van der Waals surface area contributed by atoms with E-state index in [1.807, 2.05) is 12.1 Å². The third-order valence-corrected chi connectivity index (χ3v) is 4.71. The Kier molecular flexibility index (Phi) is 6.29. The van der Waals surface area contributed by atoms with Gasteiger partial charge in [-0.15, -0.1) is 0 Å². The highest BCUT2D eigenvalue weighted by molar-refractivity contribution is 9.13. The second-order valence-corrected chi connectivity index (χ2v) is 6.25. The van der Waals surface area contributed by atoms with E-state index in [1.165, 1.54) is 5.56 Å². The highest BCUT2D eigenvalue weighted by atomic mass is 79.9. The van der Waals surface area contributed by atoms with Crippen LogP contribution in [0.2, 0.25) is 0 Å². The van der Waals surface area contributed by atoms with E-state index in [4.69, 9.17) is 10.2 Å². The van der Waals surface area contributed by atoms with Crippen molar-refractivity contribution in [3.8, 4) is 0 Å². The Morgan fingerprint density at radius 2 is 1.85 bits per heavy atom. The lowest BCUT2D eigenvalue weighted by Gasteiger charge is -2.21. The summed E-state index contributed by atoms with van der Waals surface area (Å²) in [6.45, 7) is 3.34. The lowest BCUT2D eigenvalue weighted by molar-refractivity contribution is 0.232. The molecule has 0 aliphatic heterocycles. The molecule has 0 saturated heterocycles. The van der Waals surface area contributed by atoms with Crippen LogP contribution < -0.4 is 5.73 Å². The minimum Gasteiger partial charge on any atom is -0.452 e. The zero-order chi connectivity index (χ0) is 14.4. The van der Waals surface area contributed by atoms with Gasteiger partial charge in [-0.25, -0.2) is 0 Å². The van der Waals surface area contributed by atoms with E-state index < -0.39 is 0 Å². The van der Waals surface area contributed by atoms with Gasteiger partial charge in [-0.2, -0.15) is 0 Å². The summed E-state index contributed by atoms with van der Waals surface area (Å²) in [6, 6.07) is 12.5. The van der Waals surface area contributed by atoms with Gasteiger partial charge in [-0.05, 0) is 56.5 Å². The maximum absolute atomic E-state index is 5.66. The Balaban J connectivity index is 2.03. The molecule has 5 heteroatoms. The molecule has 0 fully saturated rings. The summed E-state index contributed by atoms with van der Waals surface area (Å²) in [5, 5.41) is 0. The van der Waals surface area contributed by atoms with Crippen LogP contribution in [0.3, 0.4) is 0 Å². The molecule has 0 radical (unpaired) electrons. The van der Waals surface area contributed by atoms with Gasteiger partial charge in [0.1, 0.15) is 5.76 Å². The first-order valence-electron chi connectivity index (χ1n) is 6.59. The Morgan fingerprint density at radius 1 is 1.10 bits per heavy atom. The molecular formula is C15H18Br2N2O. The van der Waals surface area contributed by atoms with Gasteiger partial charge in [-0.1, -0.05) is 30.3 Å². The molecule has 0 spiro atoms. The minimum absolute atomic E-state index is 0.705. The number of furan rings is 1. The molecule has 0 saturated carbocycles. The lowest BCUT2D eigenvalue weighted by Crippen LogP contribution is -2.25. The number of hydrogen-bond acceptors (Lipinski definition) is 3. The molecule has 108 valence electrons. The number of nitrogens with two attached hydrogens (primary N) is 1. The van der Waals surface area contributed by atoms with E-state index in [1.54, 1.807) is 0 Å². The molecule has 0 amide bonds. The van der Waals surface area contributed by atoms with Crippen LogP contribution in [-0.4, -0.2) is 18.0 Å². The molecule has 20 heavy (non-hydrogen) atoms. The van der Waals surface area contributed by atoms with Crippen molar-refractivity contribution in [3.63, 3.8) is 0 Å². The van der Waals surface area contributed by atoms with Crippen LogP contribution in [-0.2, 0) is 13.1 Å². The van der Waals surface area contributed by atoms with Gasteiger partial charge in [0, 0.05) is 13.1 Å². The van der Waals surface area contributed by atoms with Gasteiger partial charge in [0.15, 0.2) is 4.67 Å². The molecule has 1 aromatic heterocycles. The van der Waals surface area contributed by atoms with Crippen molar-refractivity contribution < 1.29 is 4.42 Å². The van der Waals surface area contributed by atoms with Crippen LogP contribution >= 0.6 is 31.9 Å². The number of nitrogens with zero attached hydrogens (tertiary/aromatic N) is 1. The van der Waals surface area contributed by atoms with Crippen LogP contribution in [0.1, 0.15) is 17.7 Å². The molecule has 2 rings (SSSR count). The fourth-order valence-electron chi connectivity index (χ4n) is 2.06. The topological polar surface area (TPSA) is 42.4 Å². The van der Waals surface area contributed by atoms with Gasteiger partial charge in [0.2, 0.25) is 0 Å². The SMILES string of the molecule is NCCCN(Cc1ccccc1)Cc1cc(Br)c(Br)o1. The normalized spacial score (nSPS) is 11.2. The summed E-state index contributed by atoms with van der Waals surface area (Å²) in [6.07, 6.45) is 0.982. The Bertz CT molecular complexity index is 508. The standard InChI is InChI=1S/C15H18Br2N2O/c16-14-9-13(20-15(14)17)11-19(8-4-7-18)10-12-5-2-1-3-6-12/h1-3,5-6,9H,4,7-8,10-11,18H2. The van der Waals surface area contributed by atoms with Crippen LogP contribution in [0.5, 0.6) is 0 Å². The first-order chi connectivity index (χ1) is 9.69. The smallest absolute Gasteiger partial charge is 0.183 e. The first-order valence-corrected chi connectivity index (χ1v) is 8.17. The lowest BCUT2D eigenvalue weighted by atomic mass is 10.2. The number of benzene rings is 1. The largest absolute Gasteiger partial charge is 0.452 e. The van der Waals surface area contributed by atoms with Gasteiger partial charge in [0.05, 0.1) is 11.0 Å². The van der Waals surface area contributed by atoms with Crippen LogP contribution in [0.15, 0.2) is 50.0 Å².